The highest BCUT2D eigenvalue weighted by molar-refractivity contribution is 4.76. The highest BCUT2D eigenvalue weighted by atomic mass is 16.5. The Kier molecular flexibility index (Phi) is 38.4. The van der Waals surface area contributed by atoms with Crippen molar-refractivity contribution in [2.24, 2.45) is 0 Å². The summed E-state index contributed by atoms with van der Waals surface area (Å²) >= 11 is 0. The molecule has 0 heterocycles. The van der Waals surface area contributed by atoms with Crippen LogP contribution in [0.2, 0.25) is 0 Å². The molecule has 0 spiro atoms. The Morgan fingerprint density at radius 2 is 0.511 bits per heavy atom. The van der Waals surface area contributed by atoms with Crippen molar-refractivity contribution in [3.63, 3.8) is 0 Å². The minimum atomic E-state index is -0.953. The van der Waals surface area contributed by atoms with Crippen LogP contribution in [0.5, 0.6) is 0 Å². The summed E-state index contributed by atoms with van der Waals surface area (Å²) in [6, 6.07) is 0. The molecule has 0 rings (SSSR count). The summed E-state index contributed by atoms with van der Waals surface area (Å²) in [6.45, 7) is 3.87. The van der Waals surface area contributed by atoms with E-state index in [9.17, 15) is 20.4 Å². The fourth-order valence-corrected chi connectivity index (χ4v) is 6.95. The van der Waals surface area contributed by atoms with Gasteiger partial charge in [-0.3, -0.25) is 0 Å². The van der Waals surface area contributed by atoms with Crippen molar-refractivity contribution in [1.29, 1.82) is 0 Å². The van der Waals surface area contributed by atoms with Crippen molar-refractivity contribution in [3.8, 4) is 0 Å². The molecule has 5 nitrogen and oxygen atoms in total. The summed E-state index contributed by atoms with van der Waals surface area (Å²) in [6.07, 6.45) is 40.6. The molecule has 284 valence electrons. The molecule has 0 aromatic heterocycles. The van der Waals surface area contributed by atoms with E-state index in [4.69, 9.17) is 4.74 Å². The fourth-order valence-electron chi connectivity index (χ4n) is 6.95. The monoisotopic (exact) mass is 671 g/mol. The molecule has 0 amide bonds. The summed E-state index contributed by atoms with van der Waals surface area (Å²) in [5.41, 5.74) is 0. The van der Waals surface area contributed by atoms with Gasteiger partial charge in [-0.1, -0.05) is 219 Å². The quantitative estimate of drug-likeness (QED) is 0.0487. The third-order valence-electron chi connectivity index (χ3n) is 10.3. The van der Waals surface area contributed by atoms with Crippen molar-refractivity contribution >= 4 is 0 Å². The topological polar surface area (TPSA) is 90.2 Å². The largest absolute Gasteiger partial charge is 0.394 e. The van der Waals surface area contributed by atoms with E-state index >= 15 is 0 Å². The van der Waals surface area contributed by atoms with E-state index < -0.39 is 24.4 Å². The van der Waals surface area contributed by atoms with Crippen LogP contribution in [0.25, 0.3) is 0 Å². The van der Waals surface area contributed by atoms with Crippen LogP contribution in [0.1, 0.15) is 232 Å². The zero-order chi connectivity index (χ0) is 34.5. The van der Waals surface area contributed by atoms with Crippen LogP contribution in [-0.4, -0.2) is 58.1 Å². The van der Waals surface area contributed by atoms with Gasteiger partial charge in [-0.05, 0) is 12.8 Å². The van der Waals surface area contributed by atoms with Crippen molar-refractivity contribution in [2.45, 2.75) is 257 Å². The first kappa shape index (κ1) is 46.8. The smallest absolute Gasteiger partial charge is 0.103 e. The summed E-state index contributed by atoms with van der Waals surface area (Å²) in [5, 5.41) is 40.1. The Balaban J connectivity index is 3.93. The Morgan fingerprint density at radius 3 is 0.702 bits per heavy atom. The third kappa shape index (κ3) is 32.7. The van der Waals surface area contributed by atoms with Crippen LogP contribution in [0.3, 0.4) is 0 Å². The van der Waals surface area contributed by atoms with Gasteiger partial charge in [-0.15, -0.1) is 0 Å². The van der Waals surface area contributed by atoms with Gasteiger partial charge in [-0.25, -0.2) is 0 Å². The first-order valence-electron chi connectivity index (χ1n) is 21.3. The fraction of sp³-hybridized carbons (Fsp3) is 1.00. The van der Waals surface area contributed by atoms with E-state index in [1.807, 2.05) is 0 Å². The molecule has 0 aromatic carbocycles. The average molecular weight is 671 g/mol. The first-order valence-corrected chi connectivity index (χ1v) is 21.3. The van der Waals surface area contributed by atoms with Crippen LogP contribution in [0, 0.1) is 0 Å². The molecule has 0 saturated heterocycles. The second-order valence-electron chi connectivity index (χ2n) is 14.9. The van der Waals surface area contributed by atoms with Gasteiger partial charge in [-0.2, -0.15) is 0 Å². The lowest BCUT2D eigenvalue weighted by Gasteiger charge is -2.30. The molecule has 5 heteroatoms. The van der Waals surface area contributed by atoms with Gasteiger partial charge in [0.2, 0.25) is 0 Å². The van der Waals surface area contributed by atoms with Crippen molar-refractivity contribution < 1.29 is 25.2 Å². The molecule has 0 aliphatic heterocycles. The predicted octanol–water partition coefficient (Wildman–Crippen LogP) is 11.7. The zero-order valence-corrected chi connectivity index (χ0v) is 32.0. The zero-order valence-electron chi connectivity index (χ0n) is 32.0. The molecule has 4 N–H and O–H groups in total. The number of aliphatic hydroxyl groups excluding tert-OH is 4. The number of hydrogen-bond acceptors (Lipinski definition) is 5. The minimum absolute atomic E-state index is 0.343. The Hall–Kier alpha value is -0.200. The molecule has 0 bridgehead atoms. The van der Waals surface area contributed by atoms with Gasteiger partial charge in [0.15, 0.2) is 0 Å². The number of unbranched alkanes of at least 4 members (excludes halogenated alkanes) is 30. The second kappa shape index (κ2) is 38.6. The molecule has 0 aromatic rings. The lowest BCUT2D eigenvalue weighted by Crippen LogP contribution is -2.41. The third-order valence-corrected chi connectivity index (χ3v) is 10.3. The van der Waals surface area contributed by atoms with Gasteiger partial charge in [0.25, 0.3) is 0 Å². The van der Waals surface area contributed by atoms with E-state index in [0.29, 0.717) is 12.8 Å². The van der Waals surface area contributed by atoms with E-state index in [0.717, 1.165) is 25.7 Å². The SMILES string of the molecule is CCCCCCCCCCCCCCCCCCC(OC(CCCCCCCCCCCCCCCCCC)C(O)CO)C(O)CO. The van der Waals surface area contributed by atoms with E-state index in [1.54, 1.807) is 0 Å². The molecular formula is C42H86O5. The highest BCUT2D eigenvalue weighted by Crippen LogP contribution is 2.21. The molecule has 4 unspecified atom stereocenters. The predicted molar refractivity (Wildman–Crippen MR) is 203 cm³/mol. The van der Waals surface area contributed by atoms with E-state index in [2.05, 4.69) is 13.8 Å². The van der Waals surface area contributed by atoms with Gasteiger partial charge in [0, 0.05) is 0 Å². The Morgan fingerprint density at radius 1 is 0.319 bits per heavy atom. The average Bonchev–Trinajstić information content (AvgIpc) is 3.09. The second-order valence-corrected chi connectivity index (χ2v) is 14.9. The molecule has 0 saturated carbocycles. The molecule has 0 radical (unpaired) electrons. The van der Waals surface area contributed by atoms with Gasteiger partial charge in [0.05, 0.1) is 25.4 Å². The Bertz CT molecular complexity index is 525. The summed E-state index contributed by atoms with van der Waals surface area (Å²) < 4.78 is 6.18. The molecule has 0 aliphatic rings. The maximum atomic E-state index is 10.4. The standard InChI is InChI=1S/C42H86O5/c1-3-5-7-9-11-13-15-17-19-21-23-25-27-29-31-33-35-41(39(45)37-43)47-42(40(46)38-44)36-34-32-30-28-26-24-22-20-18-16-14-12-10-8-6-4-2/h39-46H,3-38H2,1-2H3. The van der Waals surface area contributed by atoms with Crippen molar-refractivity contribution in [1.82, 2.24) is 0 Å². The van der Waals surface area contributed by atoms with E-state index in [1.165, 1.54) is 180 Å². The number of hydrogen-bond donors (Lipinski definition) is 4. The van der Waals surface area contributed by atoms with Crippen LogP contribution in [0.4, 0.5) is 0 Å². The van der Waals surface area contributed by atoms with E-state index in [-0.39, 0.29) is 13.2 Å². The minimum Gasteiger partial charge on any atom is -0.394 e. The normalized spacial score (nSPS) is 14.4. The number of aliphatic hydroxyl groups is 4. The summed E-state index contributed by atoms with van der Waals surface area (Å²) in [4.78, 5) is 0. The number of rotatable bonds is 40. The lowest BCUT2D eigenvalue weighted by molar-refractivity contribution is -0.137. The highest BCUT2D eigenvalue weighted by Gasteiger charge is 2.27. The van der Waals surface area contributed by atoms with Gasteiger partial charge >= 0.3 is 0 Å². The first-order chi connectivity index (χ1) is 23.1. The summed E-state index contributed by atoms with van der Waals surface area (Å²) in [7, 11) is 0. The van der Waals surface area contributed by atoms with Crippen molar-refractivity contribution in [3.05, 3.63) is 0 Å². The molecular weight excluding hydrogens is 584 g/mol. The molecule has 0 fully saturated rings. The van der Waals surface area contributed by atoms with Gasteiger partial charge in [0.1, 0.15) is 12.2 Å². The Labute approximate surface area is 294 Å². The van der Waals surface area contributed by atoms with Crippen molar-refractivity contribution in [2.75, 3.05) is 13.2 Å². The molecule has 0 aliphatic carbocycles. The van der Waals surface area contributed by atoms with Crippen LogP contribution >= 0.6 is 0 Å². The maximum Gasteiger partial charge on any atom is 0.103 e. The maximum absolute atomic E-state index is 10.4. The number of ether oxygens (including phenoxy) is 1. The molecule has 4 atom stereocenters. The van der Waals surface area contributed by atoms with Crippen LogP contribution in [-0.2, 0) is 4.74 Å². The van der Waals surface area contributed by atoms with Crippen LogP contribution < -0.4 is 0 Å². The van der Waals surface area contributed by atoms with Gasteiger partial charge < -0.3 is 25.2 Å². The molecule has 47 heavy (non-hydrogen) atoms. The summed E-state index contributed by atoms with van der Waals surface area (Å²) in [5.74, 6) is 0. The lowest BCUT2D eigenvalue weighted by atomic mass is 10.0. The van der Waals surface area contributed by atoms with Crippen LogP contribution in [0.15, 0.2) is 0 Å².